The molecule has 8 nitrogen and oxygen atoms in total. The number of hydrogen-bond donors (Lipinski definition) is 1. The Hall–Kier alpha value is -4.05. The van der Waals surface area contributed by atoms with E-state index in [0.717, 1.165) is 10.6 Å². The van der Waals surface area contributed by atoms with Gasteiger partial charge in [-0.25, -0.2) is 22.6 Å². The molecule has 0 unspecified atom stereocenters. The lowest BCUT2D eigenvalue weighted by Crippen LogP contribution is -2.37. The summed E-state index contributed by atoms with van der Waals surface area (Å²) in [5, 5.41) is 2.51. The number of ether oxygens (including phenoxy) is 1. The molecule has 4 rings (SSSR count). The first-order valence-corrected chi connectivity index (χ1v) is 13.4. The third kappa shape index (κ3) is 5.31. The van der Waals surface area contributed by atoms with Gasteiger partial charge in [-0.15, -0.1) is 0 Å². The molecule has 10 heteroatoms. The van der Waals surface area contributed by atoms with E-state index in [1.165, 1.54) is 42.5 Å². The standard InChI is InChI=1S/C28H28FN3O5S/c1-17-10-6-7-14-22(17)38(35,36)23-15-9-13-21-24(23)26(33)32(20-12-8-11-19(29)16-20)25(31-21)18(2)30-27(34)37-28(3,4)5/h6-16,18H,1-5H3,(H,30,34)/t18-/m0/s1. The number of benzene rings is 3. The zero-order valence-electron chi connectivity index (χ0n) is 21.7. The molecule has 0 aliphatic heterocycles. The van der Waals surface area contributed by atoms with Crippen LogP contribution in [-0.4, -0.2) is 29.7 Å². The molecule has 0 saturated carbocycles. The van der Waals surface area contributed by atoms with E-state index in [-0.39, 0.29) is 32.2 Å². The third-order valence-electron chi connectivity index (χ3n) is 5.74. The lowest BCUT2D eigenvalue weighted by Gasteiger charge is -2.23. The van der Waals surface area contributed by atoms with Gasteiger partial charge in [-0.2, -0.15) is 0 Å². The summed E-state index contributed by atoms with van der Waals surface area (Å²) in [5.41, 5.74) is -0.719. The van der Waals surface area contributed by atoms with Crippen molar-refractivity contribution in [1.29, 1.82) is 0 Å². The first-order valence-electron chi connectivity index (χ1n) is 11.9. The summed E-state index contributed by atoms with van der Waals surface area (Å²) in [4.78, 5) is 31.0. The molecule has 0 aliphatic rings. The van der Waals surface area contributed by atoms with Gasteiger partial charge in [0.25, 0.3) is 5.56 Å². The predicted molar refractivity (Wildman–Crippen MR) is 142 cm³/mol. The van der Waals surface area contributed by atoms with E-state index >= 15 is 0 Å². The smallest absolute Gasteiger partial charge is 0.408 e. The number of hydrogen-bond acceptors (Lipinski definition) is 6. The molecule has 0 fully saturated rings. The molecule has 1 aromatic heterocycles. The van der Waals surface area contributed by atoms with Crippen LogP contribution in [0.2, 0.25) is 0 Å². The quantitative estimate of drug-likeness (QED) is 0.373. The Balaban J connectivity index is 2.00. The molecule has 1 N–H and O–H groups in total. The van der Waals surface area contributed by atoms with Gasteiger partial charge in [-0.1, -0.05) is 30.3 Å². The Morgan fingerprint density at radius 1 is 1.03 bits per heavy atom. The lowest BCUT2D eigenvalue weighted by molar-refractivity contribution is 0.0505. The van der Waals surface area contributed by atoms with E-state index in [4.69, 9.17) is 4.74 Å². The summed E-state index contributed by atoms with van der Waals surface area (Å²) >= 11 is 0. The monoisotopic (exact) mass is 537 g/mol. The molecular formula is C28H28FN3O5S. The van der Waals surface area contributed by atoms with Crippen molar-refractivity contribution in [3.05, 3.63) is 94.3 Å². The van der Waals surface area contributed by atoms with E-state index in [1.54, 1.807) is 52.8 Å². The highest BCUT2D eigenvalue weighted by molar-refractivity contribution is 7.91. The van der Waals surface area contributed by atoms with Crippen molar-refractivity contribution in [2.45, 2.75) is 56.1 Å². The van der Waals surface area contributed by atoms with E-state index in [2.05, 4.69) is 10.3 Å². The first kappa shape index (κ1) is 27.0. The lowest BCUT2D eigenvalue weighted by atomic mass is 10.2. The summed E-state index contributed by atoms with van der Waals surface area (Å²) in [5.74, 6) is -0.529. The number of aryl methyl sites for hydroxylation is 1. The van der Waals surface area contributed by atoms with Crippen molar-refractivity contribution in [2.24, 2.45) is 0 Å². The summed E-state index contributed by atoms with van der Waals surface area (Å²) < 4.78 is 48.1. The molecule has 3 aromatic carbocycles. The van der Waals surface area contributed by atoms with Crippen LogP contribution in [0.25, 0.3) is 16.6 Å². The van der Waals surface area contributed by atoms with Gasteiger partial charge in [0.2, 0.25) is 9.84 Å². The van der Waals surface area contributed by atoms with Crippen LogP contribution in [0.15, 0.2) is 81.3 Å². The molecular weight excluding hydrogens is 509 g/mol. The number of nitrogens with zero attached hydrogens (tertiary/aromatic N) is 2. The second kappa shape index (κ2) is 10.0. The highest BCUT2D eigenvalue weighted by Gasteiger charge is 2.28. The van der Waals surface area contributed by atoms with E-state index in [1.807, 2.05) is 0 Å². The maximum absolute atomic E-state index is 14.2. The number of carbonyl (C=O) groups is 1. The van der Waals surface area contributed by atoms with Gasteiger partial charge in [0.1, 0.15) is 17.2 Å². The zero-order valence-corrected chi connectivity index (χ0v) is 22.5. The molecule has 0 aliphatic carbocycles. The molecule has 198 valence electrons. The van der Waals surface area contributed by atoms with Crippen molar-refractivity contribution in [2.75, 3.05) is 0 Å². The Kier molecular flexibility index (Phi) is 7.12. The fourth-order valence-corrected chi connectivity index (χ4v) is 5.83. The Morgan fingerprint density at radius 2 is 1.68 bits per heavy atom. The molecule has 0 spiro atoms. The van der Waals surface area contributed by atoms with Gasteiger partial charge < -0.3 is 10.1 Å². The SMILES string of the molecule is Cc1ccccc1S(=O)(=O)c1cccc2nc([C@H](C)NC(=O)OC(C)(C)C)n(-c3cccc(F)c3)c(=O)c12. The maximum atomic E-state index is 14.2. The van der Waals surface area contributed by atoms with Gasteiger partial charge in [0.15, 0.2) is 0 Å². The average molecular weight is 538 g/mol. The second-order valence-electron chi connectivity index (χ2n) is 9.88. The molecule has 38 heavy (non-hydrogen) atoms. The van der Waals surface area contributed by atoms with E-state index < -0.39 is 38.9 Å². The highest BCUT2D eigenvalue weighted by atomic mass is 32.2. The van der Waals surface area contributed by atoms with E-state index in [9.17, 15) is 22.4 Å². The van der Waals surface area contributed by atoms with Gasteiger partial charge in [-0.05, 0) is 76.6 Å². The second-order valence-corrected chi connectivity index (χ2v) is 11.8. The minimum absolute atomic E-state index is 0.0632. The van der Waals surface area contributed by atoms with Crippen molar-refractivity contribution in [3.63, 3.8) is 0 Å². The number of carbonyl (C=O) groups excluding carboxylic acids is 1. The van der Waals surface area contributed by atoms with Crippen molar-refractivity contribution in [1.82, 2.24) is 14.9 Å². The van der Waals surface area contributed by atoms with Crippen LogP contribution in [0.4, 0.5) is 9.18 Å². The highest BCUT2D eigenvalue weighted by Crippen LogP contribution is 2.29. The van der Waals surface area contributed by atoms with Crippen LogP contribution in [0, 0.1) is 12.7 Å². The summed E-state index contributed by atoms with van der Waals surface area (Å²) in [6.07, 6.45) is -0.735. The Bertz CT molecular complexity index is 1710. The van der Waals surface area contributed by atoms with E-state index in [0.29, 0.717) is 5.56 Å². The van der Waals surface area contributed by atoms with Gasteiger partial charge in [-0.3, -0.25) is 9.36 Å². The number of nitrogens with one attached hydrogen (secondary N) is 1. The summed E-state index contributed by atoms with van der Waals surface area (Å²) in [6.45, 7) is 8.41. The van der Waals surface area contributed by atoms with Gasteiger partial charge in [0.05, 0.1) is 32.4 Å². The summed E-state index contributed by atoms with van der Waals surface area (Å²) in [6, 6.07) is 15.3. The topological polar surface area (TPSA) is 107 Å². The van der Waals surface area contributed by atoms with Crippen LogP contribution in [0.1, 0.15) is 45.1 Å². The normalized spacial score (nSPS) is 12.8. The predicted octanol–water partition coefficient (Wildman–Crippen LogP) is 5.25. The Morgan fingerprint density at radius 3 is 2.34 bits per heavy atom. The molecule has 4 aromatic rings. The first-order chi connectivity index (χ1) is 17.8. The van der Waals surface area contributed by atoms with Crippen LogP contribution in [-0.2, 0) is 14.6 Å². The minimum atomic E-state index is -4.12. The zero-order chi connectivity index (χ0) is 27.8. The van der Waals surface area contributed by atoms with Crippen LogP contribution in [0.5, 0.6) is 0 Å². The molecule has 0 radical (unpaired) electrons. The molecule has 1 atom stereocenters. The number of amides is 1. The molecule has 1 heterocycles. The molecule has 0 saturated heterocycles. The number of sulfone groups is 1. The van der Waals surface area contributed by atoms with Crippen LogP contribution < -0.4 is 10.9 Å². The van der Waals surface area contributed by atoms with Crippen molar-refractivity contribution < 1.29 is 22.3 Å². The fourth-order valence-electron chi connectivity index (χ4n) is 4.12. The van der Waals surface area contributed by atoms with Gasteiger partial charge >= 0.3 is 6.09 Å². The Labute approximate surface area is 220 Å². The number of halogens is 1. The largest absolute Gasteiger partial charge is 0.444 e. The number of rotatable bonds is 5. The third-order valence-corrected chi connectivity index (χ3v) is 7.70. The molecule has 1 amide bonds. The van der Waals surface area contributed by atoms with Crippen molar-refractivity contribution >= 4 is 26.8 Å². The minimum Gasteiger partial charge on any atom is -0.444 e. The van der Waals surface area contributed by atoms with Gasteiger partial charge in [0, 0.05) is 0 Å². The van der Waals surface area contributed by atoms with Crippen molar-refractivity contribution in [3.8, 4) is 5.69 Å². The number of aromatic nitrogens is 2. The number of fused-ring (bicyclic) bond motifs is 1. The average Bonchev–Trinajstić information content (AvgIpc) is 2.82. The molecule has 0 bridgehead atoms. The summed E-state index contributed by atoms with van der Waals surface area (Å²) in [7, 11) is -4.12. The number of alkyl carbamates (subject to hydrolysis) is 1. The van der Waals surface area contributed by atoms with Crippen LogP contribution >= 0.6 is 0 Å². The maximum Gasteiger partial charge on any atom is 0.408 e. The fraction of sp³-hybridized carbons (Fsp3) is 0.250. The van der Waals surface area contributed by atoms with Crippen LogP contribution in [0.3, 0.4) is 0 Å².